The first-order valence-corrected chi connectivity index (χ1v) is 8.94. The molecule has 2 rings (SSSR count). The minimum absolute atomic E-state index is 0.560. The number of aromatic nitrogens is 1. The van der Waals surface area contributed by atoms with Gasteiger partial charge in [-0.15, -0.1) is 0 Å². The van der Waals surface area contributed by atoms with Gasteiger partial charge in [-0.25, -0.2) is 9.98 Å². The highest BCUT2D eigenvalue weighted by Crippen LogP contribution is 2.17. The van der Waals surface area contributed by atoms with Crippen LogP contribution >= 0.6 is 0 Å². The zero-order valence-corrected chi connectivity index (χ0v) is 14.5. The third-order valence-electron chi connectivity index (χ3n) is 3.96. The molecule has 0 bridgehead atoms. The fraction of sp³-hybridized carbons (Fsp3) is 0.667. The van der Waals surface area contributed by atoms with E-state index in [1.165, 1.54) is 32.1 Å². The minimum Gasteiger partial charge on any atom is -0.478 e. The van der Waals surface area contributed by atoms with Crippen LogP contribution in [0.3, 0.4) is 0 Å². The summed E-state index contributed by atoms with van der Waals surface area (Å²) in [7, 11) is 0. The molecule has 128 valence electrons. The lowest BCUT2D eigenvalue weighted by molar-refractivity contribution is 0.305. The molecule has 1 aromatic rings. The Morgan fingerprint density at radius 3 is 2.74 bits per heavy atom. The fourth-order valence-electron chi connectivity index (χ4n) is 2.73. The minimum atomic E-state index is 0.560. The first-order chi connectivity index (χ1) is 11.3. The first-order valence-electron chi connectivity index (χ1n) is 8.94. The topological polar surface area (TPSA) is 58.5 Å². The predicted octanol–water partition coefficient (Wildman–Crippen LogP) is 3.26. The van der Waals surface area contributed by atoms with Gasteiger partial charge in [-0.2, -0.15) is 0 Å². The maximum absolute atomic E-state index is 5.50. The molecule has 0 saturated heterocycles. The molecule has 0 aromatic carbocycles. The van der Waals surface area contributed by atoms with Crippen molar-refractivity contribution in [2.75, 3.05) is 13.2 Å². The Morgan fingerprint density at radius 1 is 1.26 bits per heavy atom. The summed E-state index contributed by atoms with van der Waals surface area (Å²) < 4.78 is 5.50. The van der Waals surface area contributed by atoms with Crippen LogP contribution < -0.4 is 15.4 Å². The van der Waals surface area contributed by atoms with Crippen molar-refractivity contribution in [3.63, 3.8) is 0 Å². The van der Waals surface area contributed by atoms with Gasteiger partial charge in [0.05, 0.1) is 13.2 Å². The third kappa shape index (κ3) is 6.47. The van der Waals surface area contributed by atoms with Crippen LogP contribution in [0.2, 0.25) is 0 Å². The van der Waals surface area contributed by atoms with Crippen molar-refractivity contribution >= 4 is 5.96 Å². The highest BCUT2D eigenvalue weighted by atomic mass is 16.5. The molecule has 2 N–H and O–H groups in total. The quantitative estimate of drug-likeness (QED) is 0.598. The molecule has 0 aliphatic heterocycles. The molecule has 5 nitrogen and oxygen atoms in total. The van der Waals surface area contributed by atoms with Gasteiger partial charge >= 0.3 is 0 Å². The van der Waals surface area contributed by atoms with Crippen LogP contribution in [-0.4, -0.2) is 30.1 Å². The van der Waals surface area contributed by atoms with Crippen LogP contribution in [0, 0.1) is 0 Å². The van der Waals surface area contributed by atoms with E-state index in [0.717, 1.165) is 24.5 Å². The number of nitrogens with zero attached hydrogens (tertiary/aromatic N) is 2. The number of nitrogens with one attached hydrogen (secondary N) is 2. The number of guanidine groups is 1. The summed E-state index contributed by atoms with van der Waals surface area (Å²) in [6.07, 6.45) is 9.33. The van der Waals surface area contributed by atoms with Crippen LogP contribution in [-0.2, 0) is 6.54 Å². The Labute approximate surface area is 139 Å². The maximum Gasteiger partial charge on any atom is 0.213 e. The molecule has 1 aliphatic rings. The van der Waals surface area contributed by atoms with Crippen molar-refractivity contribution in [2.24, 2.45) is 4.99 Å². The smallest absolute Gasteiger partial charge is 0.213 e. The van der Waals surface area contributed by atoms with Gasteiger partial charge in [-0.3, -0.25) is 0 Å². The predicted molar refractivity (Wildman–Crippen MR) is 94.8 cm³/mol. The summed E-state index contributed by atoms with van der Waals surface area (Å²) in [6, 6.07) is 4.51. The largest absolute Gasteiger partial charge is 0.478 e. The van der Waals surface area contributed by atoms with E-state index in [9.17, 15) is 0 Å². The standard InChI is InChI=1S/C18H30N4O/c1-3-12-23-17-11-10-15(13-20-17)14-21-18(19-4-2)22-16-8-6-5-7-9-16/h10-11,13,16H,3-9,12,14H2,1-2H3,(H2,19,21,22). The molecular formula is C18H30N4O. The molecule has 0 amide bonds. The van der Waals surface area contributed by atoms with Gasteiger partial charge in [0.15, 0.2) is 5.96 Å². The van der Waals surface area contributed by atoms with Gasteiger partial charge < -0.3 is 15.4 Å². The van der Waals surface area contributed by atoms with Gasteiger partial charge in [0, 0.05) is 24.8 Å². The van der Waals surface area contributed by atoms with Gasteiger partial charge in [0.25, 0.3) is 0 Å². The van der Waals surface area contributed by atoms with Gasteiger partial charge in [-0.1, -0.05) is 32.3 Å². The lowest BCUT2D eigenvalue weighted by Crippen LogP contribution is -2.44. The van der Waals surface area contributed by atoms with Crippen LogP contribution in [0.15, 0.2) is 23.3 Å². The van der Waals surface area contributed by atoms with Crippen LogP contribution in [0.5, 0.6) is 5.88 Å². The second-order valence-electron chi connectivity index (χ2n) is 6.03. The molecule has 23 heavy (non-hydrogen) atoms. The average Bonchev–Trinajstić information content (AvgIpc) is 2.60. The average molecular weight is 318 g/mol. The molecule has 5 heteroatoms. The number of aliphatic imine (C=N–C) groups is 1. The summed E-state index contributed by atoms with van der Waals surface area (Å²) in [6.45, 7) is 6.40. The second kappa shape index (κ2) is 10.1. The van der Waals surface area contributed by atoms with Crippen molar-refractivity contribution in [2.45, 2.75) is 65.0 Å². The third-order valence-corrected chi connectivity index (χ3v) is 3.96. The molecule has 0 spiro atoms. The van der Waals surface area contributed by atoms with E-state index in [-0.39, 0.29) is 0 Å². The molecule has 1 aliphatic carbocycles. The normalized spacial score (nSPS) is 16.2. The number of rotatable bonds is 7. The molecule has 0 atom stereocenters. The van der Waals surface area contributed by atoms with Gasteiger partial charge in [-0.05, 0) is 31.7 Å². The lowest BCUT2D eigenvalue weighted by atomic mass is 9.96. The van der Waals surface area contributed by atoms with Crippen molar-refractivity contribution < 1.29 is 4.74 Å². The molecular weight excluding hydrogens is 288 g/mol. The van der Waals surface area contributed by atoms with Crippen LogP contribution in [0.1, 0.15) is 57.9 Å². The first kappa shape index (κ1) is 17.6. The molecule has 1 saturated carbocycles. The SMILES string of the molecule is CCCOc1ccc(CN=C(NCC)NC2CCCCC2)cn1. The van der Waals surface area contributed by atoms with E-state index in [2.05, 4.69) is 34.5 Å². The van der Waals surface area contributed by atoms with Crippen molar-refractivity contribution in [1.82, 2.24) is 15.6 Å². The summed E-state index contributed by atoms with van der Waals surface area (Å²) in [4.78, 5) is 9.01. The van der Waals surface area contributed by atoms with E-state index in [4.69, 9.17) is 4.74 Å². The van der Waals surface area contributed by atoms with Gasteiger partial charge in [0.2, 0.25) is 5.88 Å². The van der Waals surface area contributed by atoms with Crippen molar-refractivity contribution in [3.05, 3.63) is 23.9 Å². The zero-order valence-electron chi connectivity index (χ0n) is 14.5. The molecule has 0 unspecified atom stereocenters. The Bertz CT molecular complexity index is 466. The van der Waals surface area contributed by atoms with E-state index in [1.807, 2.05) is 18.3 Å². The monoisotopic (exact) mass is 318 g/mol. The summed E-state index contributed by atoms with van der Waals surface area (Å²) in [5, 5.41) is 6.89. The Kier molecular flexibility index (Phi) is 7.70. The van der Waals surface area contributed by atoms with E-state index >= 15 is 0 Å². The highest BCUT2D eigenvalue weighted by Gasteiger charge is 2.14. The molecule has 1 fully saturated rings. The molecule has 1 heterocycles. The van der Waals surface area contributed by atoms with E-state index in [1.54, 1.807) is 0 Å². The van der Waals surface area contributed by atoms with Crippen molar-refractivity contribution in [1.29, 1.82) is 0 Å². The number of hydrogen-bond acceptors (Lipinski definition) is 3. The summed E-state index contributed by atoms with van der Waals surface area (Å²) >= 11 is 0. The maximum atomic E-state index is 5.50. The lowest BCUT2D eigenvalue weighted by Gasteiger charge is -2.24. The van der Waals surface area contributed by atoms with Crippen LogP contribution in [0.25, 0.3) is 0 Å². The number of hydrogen-bond donors (Lipinski definition) is 2. The van der Waals surface area contributed by atoms with E-state index < -0.39 is 0 Å². The molecule has 1 aromatic heterocycles. The summed E-state index contributed by atoms with van der Waals surface area (Å²) in [5.41, 5.74) is 1.09. The summed E-state index contributed by atoms with van der Waals surface area (Å²) in [5.74, 6) is 1.59. The Hall–Kier alpha value is -1.78. The second-order valence-corrected chi connectivity index (χ2v) is 6.03. The van der Waals surface area contributed by atoms with Gasteiger partial charge in [0.1, 0.15) is 0 Å². The zero-order chi connectivity index (χ0) is 16.3. The number of ether oxygens (including phenoxy) is 1. The highest BCUT2D eigenvalue weighted by molar-refractivity contribution is 5.80. The van der Waals surface area contributed by atoms with Crippen molar-refractivity contribution in [3.8, 4) is 5.88 Å². The molecule has 0 radical (unpaired) electrons. The fourth-order valence-corrected chi connectivity index (χ4v) is 2.73. The number of pyridine rings is 1. The Morgan fingerprint density at radius 2 is 2.09 bits per heavy atom. The van der Waals surface area contributed by atoms with Crippen LogP contribution in [0.4, 0.5) is 0 Å². The Balaban J connectivity index is 1.88. The van der Waals surface area contributed by atoms with E-state index in [0.29, 0.717) is 25.1 Å².